The molecular weight excluding hydrogens is 214 g/mol. The Morgan fingerprint density at radius 1 is 1.60 bits per heavy atom. The normalized spacial score (nSPS) is 13.0. The van der Waals surface area contributed by atoms with Gasteiger partial charge >= 0.3 is 0 Å². The maximum atomic E-state index is 11.6. The van der Waals surface area contributed by atoms with E-state index in [2.05, 4.69) is 10.2 Å². The fraction of sp³-hybridized carbons (Fsp3) is 0.200. The highest BCUT2D eigenvalue weighted by Gasteiger charge is 2.12. The minimum absolute atomic E-state index is 0.103. The molecule has 78 valence electrons. The molecule has 1 atom stereocenters. The van der Waals surface area contributed by atoms with Crippen molar-refractivity contribution in [3.63, 3.8) is 0 Å². The third-order valence-electron chi connectivity index (χ3n) is 2.21. The predicted octanol–water partition coefficient (Wildman–Crippen LogP) is 1.75. The average molecular weight is 224 g/mol. The highest BCUT2D eigenvalue weighted by molar-refractivity contribution is 6.34. The van der Waals surface area contributed by atoms with Crippen LogP contribution in [-0.2, 0) is 0 Å². The van der Waals surface area contributed by atoms with Crippen LogP contribution in [0.5, 0.6) is 0 Å². The lowest BCUT2D eigenvalue weighted by Crippen LogP contribution is -2.26. The Labute approximate surface area is 91.4 Å². The number of aromatic nitrogens is 2. The van der Waals surface area contributed by atoms with Crippen LogP contribution in [0.25, 0.3) is 10.9 Å². The first-order valence-electron chi connectivity index (χ1n) is 4.53. The molecule has 15 heavy (non-hydrogen) atoms. The van der Waals surface area contributed by atoms with Gasteiger partial charge < -0.3 is 5.73 Å². The summed E-state index contributed by atoms with van der Waals surface area (Å²) in [5.41, 5.74) is 6.81. The SMILES string of the molecule is CC(N)C(=O)c1ccc2n[nH]c(Cl)c2c1. The van der Waals surface area contributed by atoms with Crippen LogP contribution in [0.15, 0.2) is 18.2 Å². The molecule has 2 aromatic rings. The number of nitrogens with two attached hydrogens (primary N) is 1. The first-order chi connectivity index (χ1) is 7.09. The van der Waals surface area contributed by atoms with E-state index in [1.165, 1.54) is 0 Å². The van der Waals surface area contributed by atoms with Crippen molar-refractivity contribution in [1.29, 1.82) is 0 Å². The molecule has 4 nitrogen and oxygen atoms in total. The number of ketones is 1. The summed E-state index contributed by atoms with van der Waals surface area (Å²) in [6.07, 6.45) is 0. The molecule has 1 aromatic heterocycles. The maximum Gasteiger partial charge on any atom is 0.179 e. The number of hydrogen-bond acceptors (Lipinski definition) is 3. The van der Waals surface area contributed by atoms with Gasteiger partial charge in [0.05, 0.1) is 11.6 Å². The van der Waals surface area contributed by atoms with Crippen LogP contribution in [0.2, 0.25) is 5.15 Å². The van der Waals surface area contributed by atoms with Gasteiger partial charge in [0.15, 0.2) is 5.78 Å². The van der Waals surface area contributed by atoms with Crippen molar-refractivity contribution in [2.75, 3.05) is 0 Å². The highest BCUT2D eigenvalue weighted by Crippen LogP contribution is 2.21. The van der Waals surface area contributed by atoms with E-state index in [1.54, 1.807) is 25.1 Å². The lowest BCUT2D eigenvalue weighted by molar-refractivity contribution is 0.0968. The number of fused-ring (bicyclic) bond motifs is 1. The van der Waals surface area contributed by atoms with Crippen LogP contribution in [0.3, 0.4) is 0 Å². The van der Waals surface area contributed by atoms with Crippen LogP contribution in [-0.4, -0.2) is 22.0 Å². The van der Waals surface area contributed by atoms with E-state index in [9.17, 15) is 4.79 Å². The van der Waals surface area contributed by atoms with Gasteiger partial charge in [-0.05, 0) is 25.1 Å². The highest BCUT2D eigenvalue weighted by atomic mass is 35.5. The Balaban J connectivity index is 2.55. The minimum Gasteiger partial charge on any atom is -0.321 e. The fourth-order valence-corrected chi connectivity index (χ4v) is 1.59. The van der Waals surface area contributed by atoms with Crippen LogP contribution in [0.1, 0.15) is 17.3 Å². The molecule has 0 aliphatic carbocycles. The van der Waals surface area contributed by atoms with E-state index in [0.29, 0.717) is 10.7 Å². The molecule has 2 rings (SSSR count). The second kappa shape index (κ2) is 3.64. The van der Waals surface area contributed by atoms with Gasteiger partial charge in [0, 0.05) is 10.9 Å². The molecule has 0 bridgehead atoms. The second-order valence-corrected chi connectivity index (χ2v) is 3.80. The molecular formula is C10H10ClN3O. The molecule has 0 aliphatic rings. The number of hydrogen-bond donors (Lipinski definition) is 2. The van der Waals surface area contributed by atoms with Gasteiger partial charge in [0.1, 0.15) is 5.15 Å². The maximum absolute atomic E-state index is 11.6. The lowest BCUT2D eigenvalue weighted by atomic mass is 10.0. The van der Waals surface area contributed by atoms with E-state index in [4.69, 9.17) is 17.3 Å². The standard InChI is InChI=1S/C10H10ClN3O/c1-5(12)9(15)6-2-3-8-7(4-6)10(11)14-13-8/h2-5H,12H2,1H3,(H,13,14). The van der Waals surface area contributed by atoms with Gasteiger partial charge in [-0.15, -0.1) is 0 Å². The van der Waals surface area contributed by atoms with Gasteiger partial charge in [0.25, 0.3) is 0 Å². The summed E-state index contributed by atoms with van der Waals surface area (Å²) in [4.78, 5) is 11.6. The molecule has 0 amide bonds. The van der Waals surface area contributed by atoms with Gasteiger partial charge in [-0.3, -0.25) is 9.89 Å². The summed E-state index contributed by atoms with van der Waals surface area (Å²) in [5.74, 6) is -0.103. The summed E-state index contributed by atoms with van der Waals surface area (Å²) < 4.78 is 0. The number of nitrogens with zero attached hydrogens (tertiary/aromatic N) is 1. The van der Waals surface area contributed by atoms with E-state index < -0.39 is 6.04 Å². The van der Waals surface area contributed by atoms with Crippen molar-refractivity contribution in [2.45, 2.75) is 13.0 Å². The minimum atomic E-state index is -0.506. The van der Waals surface area contributed by atoms with Crippen LogP contribution in [0.4, 0.5) is 0 Å². The fourth-order valence-electron chi connectivity index (χ4n) is 1.40. The van der Waals surface area contributed by atoms with Gasteiger partial charge in [-0.1, -0.05) is 11.6 Å². The Kier molecular flexibility index (Phi) is 2.46. The van der Waals surface area contributed by atoms with E-state index in [0.717, 1.165) is 10.9 Å². The third kappa shape index (κ3) is 1.73. The molecule has 0 saturated heterocycles. The zero-order valence-electron chi connectivity index (χ0n) is 8.12. The number of aromatic amines is 1. The second-order valence-electron chi connectivity index (χ2n) is 3.42. The van der Waals surface area contributed by atoms with Crippen LogP contribution >= 0.6 is 11.6 Å². The molecule has 1 unspecified atom stereocenters. The Hall–Kier alpha value is -1.39. The molecule has 0 radical (unpaired) electrons. The van der Waals surface area contributed by atoms with Crippen molar-refractivity contribution in [1.82, 2.24) is 10.2 Å². The first-order valence-corrected chi connectivity index (χ1v) is 4.91. The summed E-state index contributed by atoms with van der Waals surface area (Å²) in [7, 11) is 0. The van der Waals surface area contributed by atoms with E-state index in [1.807, 2.05) is 0 Å². The van der Waals surface area contributed by atoms with Crippen molar-refractivity contribution < 1.29 is 4.79 Å². The zero-order chi connectivity index (χ0) is 11.0. The van der Waals surface area contributed by atoms with Gasteiger partial charge in [-0.25, -0.2) is 0 Å². The molecule has 0 spiro atoms. The lowest BCUT2D eigenvalue weighted by Gasteiger charge is -2.03. The van der Waals surface area contributed by atoms with Gasteiger partial charge in [-0.2, -0.15) is 5.10 Å². The summed E-state index contributed by atoms with van der Waals surface area (Å²) in [6.45, 7) is 1.66. The van der Waals surface area contributed by atoms with E-state index in [-0.39, 0.29) is 5.78 Å². The monoisotopic (exact) mass is 223 g/mol. The first kappa shape index (κ1) is 10.1. The number of halogens is 1. The summed E-state index contributed by atoms with van der Waals surface area (Å²) in [6, 6.07) is 4.64. The molecule has 1 heterocycles. The molecule has 5 heteroatoms. The van der Waals surface area contributed by atoms with Crippen LogP contribution < -0.4 is 5.73 Å². The van der Waals surface area contributed by atoms with Crippen molar-refractivity contribution >= 4 is 28.3 Å². The number of nitrogens with one attached hydrogen (secondary N) is 1. The number of Topliss-reactive ketones (excluding diaryl/α,β-unsaturated/α-hetero) is 1. The topological polar surface area (TPSA) is 71.8 Å². The number of carbonyl (C=O) groups is 1. The molecule has 3 N–H and O–H groups in total. The number of H-pyrrole nitrogens is 1. The van der Waals surface area contributed by atoms with Crippen molar-refractivity contribution in [3.8, 4) is 0 Å². The Morgan fingerprint density at radius 2 is 2.33 bits per heavy atom. The quantitative estimate of drug-likeness (QED) is 0.762. The molecule has 0 aliphatic heterocycles. The van der Waals surface area contributed by atoms with Gasteiger partial charge in [0.2, 0.25) is 0 Å². The van der Waals surface area contributed by atoms with Crippen molar-refractivity contribution in [2.24, 2.45) is 5.73 Å². The average Bonchev–Trinajstić information content (AvgIpc) is 2.59. The number of rotatable bonds is 2. The zero-order valence-corrected chi connectivity index (χ0v) is 8.88. The summed E-state index contributed by atoms with van der Waals surface area (Å²) >= 11 is 5.87. The number of carbonyl (C=O) groups excluding carboxylic acids is 1. The van der Waals surface area contributed by atoms with E-state index >= 15 is 0 Å². The summed E-state index contributed by atoms with van der Waals surface area (Å²) in [5, 5.41) is 7.78. The number of benzene rings is 1. The largest absolute Gasteiger partial charge is 0.321 e. The predicted molar refractivity (Wildman–Crippen MR) is 59.1 cm³/mol. The third-order valence-corrected chi connectivity index (χ3v) is 2.49. The van der Waals surface area contributed by atoms with Crippen LogP contribution in [0, 0.1) is 0 Å². The molecule has 0 fully saturated rings. The molecule has 1 aromatic carbocycles. The smallest absolute Gasteiger partial charge is 0.179 e. The Bertz CT molecular complexity index is 518. The Morgan fingerprint density at radius 3 is 3.00 bits per heavy atom. The molecule has 0 saturated carbocycles. The van der Waals surface area contributed by atoms with Crippen molar-refractivity contribution in [3.05, 3.63) is 28.9 Å².